The summed E-state index contributed by atoms with van der Waals surface area (Å²) >= 11 is 6.43. The molecule has 0 aliphatic heterocycles. The van der Waals surface area contributed by atoms with E-state index in [0.29, 0.717) is 17.1 Å². The van der Waals surface area contributed by atoms with Gasteiger partial charge in [-0.3, -0.25) is 9.59 Å². The Morgan fingerprint density at radius 2 is 1.53 bits per heavy atom. The number of ether oxygens (including phenoxy) is 1. The number of anilines is 1. The normalized spacial score (nSPS) is 13.7. The predicted molar refractivity (Wildman–Crippen MR) is 153 cm³/mol. The third-order valence-electron chi connectivity index (χ3n) is 6.62. The number of nitrogens with one attached hydrogen (secondary N) is 2. The fourth-order valence-corrected chi connectivity index (χ4v) is 4.70. The molecule has 0 aromatic heterocycles. The average Bonchev–Trinajstić information content (AvgIpc) is 2.82. The van der Waals surface area contributed by atoms with Crippen LogP contribution in [-0.2, 0) is 14.3 Å². The van der Waals surface area contributed by atoms with Crippen LogP contribution in [0.4, 0.5) is 10.5 Å². The largest absolute Gasteiger partial charge is 0.444 e. The minimum atomic E-state index is -0.948. The van der Waals surface area contributed by atoms with Gasteiger partial charge in [0.15, 0.2) is 0 Å². The number of benzene rings is 2. The molecule has 0 saturated heterocycles. The van der Waals surface area contributed by atoms with Crippen LogP contribution in [0.15, 0.2) is 36.4 Å². The number of hydrogen-bond acceptors (Lipinski definition) is 4. The van der Waals surface area contributed by atoms with Crippen molar-refractivity contribution in [2.24, 2.45) is 5.92 Å². The van der Waals surface area contributed by atoms with E-state index in [2.05, 4.69) is 10.6 Å². The second-order valence-corrected chi connectivity index (χ2v) is 11.2. The molecule has 0 radical (unpaired) electrons. The molecule has 38 heavy (non-hydrogen) atoms. The van der Waals surface area contributed by atoms with Gasteiger partial charge in [0, 0.05) is 6.54 Å². The van der Waals surface area contributed by atoms with Gasteiger partial charge < -0.3 is 20.3 Å². The van der Waals surface area contributed by atoms with Crippen LogP contribution >= 0.6 is 11.6 Å². The Kier molecular flexibility index (Phi) is 10.8. The molecule has 3 amide bonds. The van der Waals surface area contributed by atoms with Crippen molar-refractivity contribution in [1.82, 2.24) is 10.2 Å². The zero-order valence-electron chi connectivity index (χ0n) is 24.1. The van der Waals surface area contributed by atoms with Crippen molar-refractivity contribution in [3.8, 4) is 0 Å². The highest BCUT2D eigenvalue weighted by molar-refractivity contribution is 6.34. The minimum absolute atomic E-state index is 0.198. The number of alkyl carbamates (subject to hydrolysis) is 1. The number of rotatable bonds is 9. The standard InChI is InChI=1S/C30H42ClN3O4/c1-10-18(3)25(33-29(37)38-30(7,8)9)28(36)34(11-2)26(23-19(4)14-12-15-20(23)5)27(35)32-24-21(6)16-13-17-22(24)31/h12-18,25-26H,10-11H2,1-9H3,(H,32,35)(H,33,37). The lowest BCUT2D eigenvalue weighted by Gasteiger charge is -2.36. The van der Waals surface area contributed by atoms with Crippen LogP contribution in [0, 0.1) is 26.7 Å². The summed E-state index contributed by atoms with van der Waals surface area (Å²) in [6.45, 7) is 16.9. The molecule has 2 aromatic carbocycles. The Labute approximate surface area is 232 Å². The zero-order chi connectivity index (χ0) is 28.8. The highest BCUT2D eigenvalue weighted by Gasteiger charge is 2.38. The molecule has 7 nitrogen and oxygen atoms in total. The lowest BCUT2D eigenvalue weighted by molar-refractivity contribution is -0.141. The van der Waals surface area contributed by atoms with Crippen molar-refractivity contribution in [3.63, 3.8) is 0 Å². The van der Waals surface area contributed by atoms with Crippen LogP contribution in [0.3, 0.4) is 0 Å². The first-order valence-corrected chi connectivity index (χ1v) is 13.5. The summed E-state index contributed by atoms with van der Waals surface area (Å²) in [5.74, 6) is -0.933. The van der Waals surface area contributed by atoms with Crippen molar-refractivity contribution < 1.29 is 19.1 Å². The molecular formula is C30H42ClN3O4. The van der Waals surface area contributed by atoms with E-state index in [-0.39, 0.29) is 24.3 Å². The highest BCUT2D eigenvalue weighted by atomic mass is 35.5. The van der Waals surface area contributed by atoms with Crippen LogP contribution in [0.5, 0.6) is 0 Å². The van der Waals surface area contributed by atoms with Gasteiger partial charge in [0.05, 0.1) is 10.7 Å². The Hall–Kier alpha value is -3.06. The monoisotopic (exact) mass is 543 g/mol. The first kappa shape index (κ1) is 31.2. The van der Waals surface area contributed by atoms with Gasteiger partial charge >= 0.3 is 6.09 Å². The molecule has 0 aliphatic rings. The van der Waals surface area contributed by atoms with Crippen LogP contribution in [0.25, 0.3) is 0 Å². The lowest BCUT2D eigenvalue weighted by Crippen LogP contribution is -2.54. The molecule has 2 N–H and O–H groups in total. The Balaban J connectivity index is 2.59. The van der Waals surface area contributed by atoms with E-state index in [0.717, 1.165) is 22.3 Å². The van der Waals surface area contributed by atoms with Gasteiger partial charge in [-0.1, -0.05) is 62.2 Å². The van der Waals surface area contributed by atoms with Crippen LogP contribution in [0.2, 0.25) is 5.02 Å². The Morgan fingerprint density at radius 1 is 0.974 bits per heavy atom. The summed E-state index contributed by atoms with van der Waals surface area (Å²) in [5.41, 5.74) is 3.10. The van der Waals surface area contributed by atoms with Crippen LogP contribution < -0.4 is 10.6 Å². The van der Waals surface area contributed by atoms with Crippen LogP contribution in [-0.4, -0.2) is 41.0 Å². The van der Waals surface area contributed by atoms with Crippen molar-refractivity contribution in [1.29, 1.82) is 0 Å². The van der Waals surface area contributed by atoms with Crippen molar-refractivity contribution >= 4 is 35.2 Å². The summed E-state index contributed by atoms with van der Waals surface area (Å²) in [6.07, 6.45) is -0.0324. The summed E-state index contributed by atoms with van der Waals surface area (Å²) in [7, 11) is 0. The number of aryl methyl sites for hydroxylation is 3. The van der Waals surface area contributed by atoms with E-state index in [4.69, 9.17) is 16.3 Å². The summed E-state index contributed by atoms with van der Waals surface area (Å²) in [4.78, 5) is 42.4. The summed E-state index contributed by atoms with van der Waals surface area (Å²) in [6, 6.07) is 9.34. The first-order valence-electron chi connectivity index (χ1n) is 13.1. The number of para-hydroxylation sites is 1. The smallest absolute Gasteiger partial charge is 0.408 e. The van der Waals surface area contributed by atoms with Crippen molar-refractivity contribution in [2.45, 2.75) is 86.4 Å². The molecule has 2 rings (SSSR count). The van der Waals surface area contributed by atoms with E-state index >= 15 is 0 Å². The molecule has 0 bridgehead atoms. The topological polar surface area (TPSA) is 87.7 Å². The fourth-order valence-electron chi connectivity index (χ4n) is 4.43. The SMILES string of the molecule is CCC(C)C(NC(=O)OC(C)(C)C)C(=O)N(CC)C(C(=O)Nc1c(C)cccc1Cl)c1c(C)cccc1C. The molecule has 0 heterocycles. The minimum Gasteiger partial charge on any atom is -0.444 e. The van der Waals surface area contributed by atoms with Gasteiger partial charge in [0.25, 0.3) is 5.91 Å². The maximum atomic E-state index is 14.2. The van der Waals surface area contributed by atoms with E-state index < -0.39 is 23.8 Å². The number of likely N-dealkylation sites (N-methyl/N-ethyl adjacent to an activating group) is 1. The molecule has 0 saturated carbocycles. The number of carbonyl (C=O) groups excluding carboxylic acids is 3. The fraction of sp³-hybridized carbons (Fsp3) is 0.500. The molecule has 0 fully saturated rings. The van der Waals surface area contributed by atoms with Gasteiger partial charge in [-0.15, -0.1) is 0 Å². The average molecular weight is 544 g/mol. The van der Waals surface area contributed by atoms with Gasteiger partial charge in [-0.25, -0.2) is 4.79 Å². The molecule has 208 valence electrons. The maximum Gasteiger partial charge on any atom is 0.408 e. The third-order valence-corrected chi connectivity index (χ3v) is 6.94. The van der Waals surface area contributed by atoms with Gasteiger partial charge in [-0.05, 0) is 82.7 Å². The van der Waals surface area contributed by atoms with E-state index in [9.17, 15) is 14.4 Å². The van der Waals surface area contributed by atoms with Crippen molar-refractivity contribution in [3.05, 3.63) is 63.7 Å². The number of halogens is 1. The Bertz CT molecular complexity index is 1120. The summed E-state index contributed by atoms with van der Waals surface area (Å²) in [5, 5.41) is 6.17. The number of hydrogen-bond donors (Lipinski definition) is 2. The van der Waals surface area contributed by atoms with Crippen LogP contribution in [0.1, 0.15) is 76.3 Å². The number of nitrogens with zero attached hydrogens (tertiary/aromatic N) is 1. The molecule has 2 aromatic rings. The number of amides is 3. The van der Waals surface area contributed by atoms with Gasteiger partial charge in [0.1, 0.15) is 17.7 Å². The predicted octanol–water partition coefficient (Wildman–Crippen LogP) is 6.73. The van der Waals surface area contributed by atoms with Crippen molar-refractivity contribution in [2.75, 3.05) is 11.9 Å². The highest BCUT2D eigenvalue weighted by Crippen LogP contribution is 2.32. The lowest BCUT2D eigenvalue weighted by atomic mass is 9.92. The van der Waals surface area contributed by atoms with Gasteiger partial charge in [-0.2, -0.15) is 0 Å². The van der Waals surface area contributed by atoms with Gasteiger partial charge in [0.2, 0.25) is 5.91 Å². The molecule has 3 unspecified atom stereocenters. The second-order valence-electron chi connectivity index (χ2n) is 10.8. The van der Waals surface area contributed by atoms with E-state index in [1.165, 1.54) is 4.90 Å². The van der Waals surface area contributed by atoms with E-state index in [1.807, 2.05) is 71.9 Å². The Morgan fingerprint density at radius 3 is 2.03 bits per heavy atom. The zero-order valence-corrected chi connectivity index (χ0v) is 24.8. The molecule has 0 spiro atoms. The molecule has 3 atom stereocenters. The quantitative estimate of drug-likeness (QED) is 0.367. The first-order chi connectivity index (χ1) is 17.7. The maximum absolute atomic E-state index is 14.2. The molecule has 8 heteroatoms. The third kappa shape index (κ3) is 7.73. The van der Waals surface area contributed by atoms with E-state index in [1.54, 1.807) is 26.8 Å². The number of carbonyl (C=O) groups is 3. The molecule has 0 aliphatic carbocycles. The summed E-state index contributed by atoms with van der Waals surface area (Å²) < 4.78 is 5.45. The molecular weight excluding hydrogens is 502 g/mol. The second kappa shape index (κ2) is 13.1.